The molecule has 1 aliphatic carbocycles. The standard InChI is InChI=1S/C13H12O/c1-3-12(14)11-6-4-5-10-8-7-9(2)13(10)11/h4-6,8H,3H2,1-2H3. The van der Waals surface area contributed by atoms with Crippen LogP contribution in [0.1, 0.15) is 41.8 Å². The second kappa shape index (κ2) is 3.28. The Morgan fingerprint density at radius 2 is 2.21 bits per heavy atom. The van der Waals surface area contributed by atoms with Crippen LogP contribution in [-0.2, 0) is 0 Å². The SMILES string of the molecule is CCC(=O)c1cccc2c1C(C)=C=C2. The van der Waals surface area contributed by atoms with Crippen molar-refractivity contribution in [1.29, 1.82) is 0 Å². The molecule has 0 N–H and O–H groups in total. The van der Waals surface area contributed by atoms with Crippen LogP contribution in [0.5, 0.6) is 0 Å². The number of carbonyl (C=O) groups is 1. The molecule has 0 saturated carbocycles. The van der Waals surface area contributed by atoms with Crippen molar-refractivity contribution in [3.63, 3.8) is 0 Å². The number of allylic oxidation sites excluding steroid dienone is 1. The zero-order chi connectivity index (χ0) is 10.1. The fourth-order valence-electron chi connectivity index (χ4n) is 1.79. The van der Waals surface area contributed by atoms with Gasteiger partial charge in [0.05, 0.1) is 0 Å². The fraction of sp³-hybridized carbons (Fsp3) is 0.231. The van der Waals surface area contributed by atoms with Crippen molar-refractivity contribution in [3.8, 4) is 0 Å². The highest BCUT2D eigenvalue weighted by Gasteiger charge is 2.15. The Kier molecular flexibility index (Phi) is 2.11. The van der Waals surface area contributed by atoms with Crippen LogP contribution in [0.25, 0.3) is 11.6 Å². The van der Waals surface area contributed by atoms with Gasteiger partial charge in [0.2, 0.25) is 0 Å². The van der Waals surface area contributed by atoms with Gasteiger partial charge in [0, 0.05) is 17.5 Å². The molecule has 1 aliphatic rings. The summed E-state index contributed by atoms with van der Waals surface area (Å²) in [5.41, 5.74) is 7.23. The van der Waals surface area contributed by atoms with E-state index in [1.54, 1.807) is 0 Å². The zero-order valence-electron chi connectivity index (χ0n) is 8.42. The minimum atomic E-state index is 0.207. The number of carbonyl (C=O) groups excluding carboxylic acids is 1. The predicted octanol–water partition coefficient (Wildman–Crippen LogP) is 3.31. The number of fused-ring (bicyclic) bond motifs is 1. The zero-order valence-corrected chi connectivity index (χ0v) is 8.42. The number of ketones is 1. The number of rotatable bonds is 2. The van der Waals surface area contributed by atoms with E-state index < -0.39 is 0 Å². The van der Waals surface area contributed by atoms with Crippen LogP contribution in [0.3, 0.4) is 0 Å². The van der Waals surface area contributed by atoms with Crippen molar-refractivity contribution in [1.82, 2.24) is 0 Å². The third-order valence-corrected chi connectivity index (χ3v) is 2.54. The van der Waals surface area contributed by atoms with E-state index in [2.05, 4.69) is 5.73 Å². The van der Waals surface area contributed by atoms with Gasteiger partial charge in [-0.3, -0.25) is 4.79 Å². The summed E-state index contributed by atoms with van der Waals surface area (Å²) in [6.07, 6.45) is 2.50. The van der Waals surface area contributed by atoms with Gasteiger partial charge >= 0.3 is 0 Å². The lowest BCUT2D eigenvalue weighted by molar-refractivity contribution is 0.0988. The van der Waals surface area contributed by atoms with Gasteiger partial charge in [-0.15, -0.1) is 5.73 Å². The van der Waals surface area contributed by atoms with Crippen molar-refractivity contribution < 1.29 is 4.79 Å². The first-order chi connectivity index (χ1) is 6.74. The van der Waals surface area contributed by atoms with Crippen LogP contribution in [0.2, 0.25) is 0 Å². The van der Waals surface area contributed by atoms with E-state index in [9.17, 15) is 4.79 Å². The molecule has 1 aromatic rings. The molecule has 14 heavy (non-hydrogen) atoms. The lowest BCUT2D eigenvalue weighted by Gasteiger charge is -2.07. The summed E-state index contributed by atoms with van der Waals surface area (Å²) in [6.45, 7) is 3.89. The molecule has 2 rings (SSSR count). The van der Waals surface area contributed by atoms with Gasteiger partial charge in [0.15, 0.2) is 5.78 Å². The summed E-state index contributed by atoms with van der Waals surface area (Å²) in [4.78, 5) is 11.7. The number of benzene rings is 1. The topological polar surface area (TPSA) is 17.1 Å². The molecule has 0 atom stereocenters. The molecule has 0 aromatic heterocycles. The van der Waals surface area contributed by atoms with Gasteiger partial charge in [0.1, 0.15) is 0 Å². The number of hydrogen-bond donors (Lipinski definition) is 0. The molecule has 0 bridgehead atoms. The van der Waals surface area contributed by atoms with Gasteiger partial charge in [0.25, 0.3) is 0 Å². The minimum Gasteiger partial charge on any atom is -0.294 e. The number of hydrogen-bond acceptors (Lipinski definition) is 1. The second-order valence-corrected chi connectivity index (χ2v) is 3.46. The summed E-state index contributed by atoms with van der Waals surface area (Å²) in [6, 6.07) is 5.85. The summed E-state index contributed by atoms with van der Waals surface area (Å²) in [7, 11) is 0. The average molecular weight is 184 g/mol. The Morgan fingerprint density at radius 1 is 1.43 bits per heavy atom. The Labute approximate surface area is 83.8 Å². The van der Waals surface area contributed by atoms with Crippen LogP contribution in [0.4, 0.5) is 0 Å². The molecule has 0 aliphatic heterocycles. The quantitative estimate of drug-likeness (QED) is 0.509. The monoisotopic (exact) mass is 184 g/mol. The maximum absolute atomic E-state index is 11.7. The maximum Gasteiger partial charge on any atom is 0.163 e. The first kappa shape index (κ1) is 8.98. The van der Waals surface area contributed by atoms with E-state index >= 15 is 0 Å². The smallest absolute Gasteiger partial charge is 0.163 e. The summed E-state index contributed by atoms with van der Waals surface area (Å²) >= 11 is 0. The first-order valence-corrected chi connectivity index (χ1v) is 4.84. The molecule has 0 unspecified atom stereocenters. The van der Waals surface area contributed by atoms with Crippen LogP contribution in [-0.4, -0.2) is 5.78 Å². The summed E-state index contributed by atoms with van der Waals surface area (Å²) in [5, 5.41) is 0. The van der Waals surface area contributed by atoms with Gasteiger partial charge in [-0.25, -0.2) is 0 Å². The predicted molar refractivity (Wildman–Crippen MR) is 58.1 cm³/mol. The molecule has 0 saturated heterocycles. The van der Waals surface area contributed by atoms with Crippen LogP contribution >= 0.6 is 0 Å². The van der Waals surface area contributed by atoms with E-state index in [0.717, 1.165) is 22.3 Å². The normalized spacial score (nSPS) is 12.6. The third-order valence-electron chi connectivity index (χ3n) is 2.54. The summed E-state index contributed by atoms with van der Waals surface area (Å²) < 4.78 is 0. The number of Topliss-reactive ketones (excluding diaryl/α,β-unsaturated/α-hetero) is 1. The van der Waals surface area contributed by atoms with Crippen molar-refractivity contribution in [2.24, 2.45) is 0 Å². The average Bonchev–Trinajstić information content (AvgIpc) is 2.59. The lowest BCUT2D eigenvalue weighted by atomic mass is 9.95. The lowest BCUT2D eigenvalue weighted by Crippen LogP contribution is -2.01. The highest BCUT2D eigenvalue weighted by Crippen LogP contribution is 2.28. The van der Waals surface area contributed by atoms with Crippen LogP contribution in [0, 0.1) is 0 Å². The molecule has 1 aromatic carbocycles. The molecule has 70 valence electrons. The van der Waals surface area contributed by atoms with E-state index in [1.807, 2.05) is 38.1 Å². The molecule has 0 heterocycles. The molecule has 0 spiro atoms. The van der Waals surface area contributed by atoms with Gasteiger partial charge < -0.3 is 0 Å². The van der Waals surface area contributed by atoms with Gasteiger partial charge in [-0.05, 0) is 24.1 Å². The van der Waals surface area contributed by atoms with E-state index in [-0.39, 0.29) is 5.78 Å². The molecule has 1 nitrogen and oxygen atoms in total. The molecule has 0 radical (unpaired) electrons. The molecular formula is C13H12O. The fourth-order valence-corrected chi connectivity index (χ4v) is 1.79. The minimum absolute atomic E-state index is 0.207. The first-order valence-electron chi connectivity index (χ1n) is 4.84. The van der Waals surface area contributed by atoms with Crippen molar-refractivity contribution >= 4 is 17.4 Å². The molecule has 0 fully saturated rings. The Hall–Kier alpha value is -1.59. The van der Waals surface area contributed by atoms with E-state index in [0.29, 0.717) is 6.42 Å². The van der Waals surface area contributed by atoms with Crippen molar-refractivity contribution in [2.75, 3.05) is 0 Å². The van der Waals surface area contributed by atoms with Crippen LogP contribution < -0.4 is 0 Å². The van der Waals surface area contributed by atoms with Crippen molar-refractivity contribution in [3.05, 3.63) is 40.6 Å². The highest BCUT2D eigenvalue weighted by atomic mass is 16.1. The second-order valence-electron chi connectivity index (χ2n) is 3.46. The molecule has 1 heteroatoms. The van der Waals surface area contributed by atoms with Crippen LogP contribution in [0.15, 0.2) is 23.9 Å². The van der Waals surface area contributed by atoms with E-state index in [1.165, 1.54) is 0 Å². The Balaban J connectivity index is 2.61. The highest BCUT2D eigenvalue weighted by molar-refractivity contribution is 6.03. The maximum atomic E-state index is 11.7. The molecule has 0 amide bonds. The Bertz CT molecular complexity index is 460. The Morgan fingerprint density at radius 3 is 2.93 bits per heavy atom. The van der Waals surface area contributed by atoms with E-state index in [4.69, 9.17) is 0 Å². The summed E-state index contributed by atoms with van der Waals surface area (Å²) in [5.74, 6) is 0.207. The van der Waals surface area contributed by atoms with Gasteiger partial charge in [-0.2, -0.15) is 0 Å². The van der Waals surface area contributed by atoms with Gasteiger partial charge in [-0.1, -0.05) is 25.1 Å². The largest absolute Gasteiger partial charge is 0.294 e. The third kappa shape index (κ3) is 1.23. The molecular weight excluding hydrogens is 172 g/mol. The van der Waals surface area contributed by atoms with Crippen molar-refractivity contribution in [2.45, 2.75) is 20.3 Å².